The molecule has 1 N–H and O–H groups in total. The Kier molecular flexibility index (Phi) is 4.49. The topological polar surface area (TPSA) is 93.3 Å². The van der Waals surface area contributed by atoms with Crippen molar-refractivity contribution in [1.29, 1.82) is 0 Å². The van der Waals surface area contributed by atoms with Crippen molar-refractivity contribution < 1.29 is 19.2 Å². The second kappa shape index (κ2) is 6.31. The van der Waals surface area contributed by atoms with E-state index in [1.54, 1.807) is 6.07 Å². The van der Waals surface area contributed by atoms with Gasteiger partial charge in [-0.05, 0) is 12.1 Å². The Balaban J connectivity index is 2.17. The maximum Gasteiger partial charge on any atom is 0.354 e. The van der Waals surface area contributed by atoms with Crippen molar-refractivity contribution >= 4 is 23.4 Å². The highest BCUT2D eigenvalue weighted by atomic mass is 32.2. The van der Waals surface area contributed by atoms with Crippen LogP contribution in [0.2, 0.25) is 0 Å². The number of hydrogen-bond donors (Lipinski definition) is 1. The van der Waals surface area contributed by atoms with Crippen LogP contribution in [0.4, 0.5) is 10.1 Å². The van der Waals surface area contributed by atoms with Gasteiger partial charge in [0, 0.05) is 28.5 Å². The van der Waals surface area contributed by atoms with Crippen LogP contribution in [0.25, 0.3) is 0 Å². The van der Waals surface area contributed by atoms with Crippen molar-refractivity contribution in [1.82, 2.24) is 4.98 Å². The zero-order chi connectivity index (χ0) is 15.4. The van der Waals surface area contributed by atoms with Crippen LogP contribution in [0.3, 0.4) is 0 Å². The molecule has 6 nitrogen and oxygen atoms in total. The molecule has 2 rings (SSSR count). The van der Waals surface area contributed by atoms with Gasteiger partial charge in [0.15, 0.2) is 0 Å². The van der Waals surface area contributed by atoms with E-state index >= 15 is 0 Å². The Hall–Kier alpha value is -2.48. The lowest BCUT2D eigenvalue weighted by atomic mass is 10.2. The fourth-order valence-corrected chi connectivity index (χ4v) is 2.49. The SMILES string of the molecule is O=C(O)c1cc(SCc2cccc([N+](=O)[O-])c2F)ccn1. The number of benzene rings is 1. The lowest BCUT2D eigenvalue weighted by Crippen LogP contribution is -1.99. The molecule has 0 aliphatic heterocycles. The maximum absolute atomic E-state index is 13.9. The van der Waals surface area contributed by atoms with E-state index in [1.165, 1.54) is 36.2 Å². The van der Waals surface area contributed by atoms with Crippen LogP contribution in [0.1, 0.15) is 16.1 Å². The summed E-state index contributed by atoms with van der Waals surface area (Å²) in [5, 5.41) is 19.5. The monoisotopic (exact) mass is 308 g/mol. The number of nitrogens with zero attached hydrogens (tertiary/aromatic N) is 2. The molecular weight excluding hydrogens is 299 g/mol. The molecule has 1 aromatic carbocycles. The summed E-state index contributed by atoms with van der Waals surface area (Å²) in [5.41, 5.74) is -0.503. The zero-order valence-electron chi connectivity index (χ0n) is 10.5. The van der Waals surface area contributed by atoms with E-state index in [2.05, 4.69) is 4.98 Å². The van der Waals surface area contributed by atoms with Gasteiger partial charge in [-0.3, -0.25) is 10.1 Å². The number of rotatable bonds is 5. The summed E-state index contributed by atoms with van der Waals surface area (Å²) >= 11 is 1.17. The molecule has 1 heterocycles. The normalized spacial score (nSPS) is 10.3. The largest absolute Gasteiger partial charge is 0.477 e. The van der Waals surface area contributed by atoms with Crippen LogP contribution < -0.4 is 0 Å². The van der Waals surface area contributed by atoms with Crippen LogP contribution in [0.5, 0.6) is 0 Å². The number of aromatic nitrogens is 1. The van der Waals surface area contributed by atoms with Crippen molar-refractivity contribution in [3.05, 3.63) is 63.7 Å². The molecule has 108 valence electrons. The molecule has 0 bridgehead atoms. The van der Waals surface area contributed by atoms with Gasteiger partial charge in [0.2, 0.25) is 5.82 Å². The number of hydrogen-bond acceptors (Lipinski definition) is 5. The molecule has 0 aliphatic rings. The van der Waals surface area contributed by atoms with E-state index in [0.717, 1.165) is 6.07 Å². The second-order valence-corrected chi connectivity index (χ2v) is 5.03. The number of carboxylic acid groups (broad SMARTS) is 1. The molecule has 0 unspecified atom stereocenters. The van der Waals surface area contributed by atoms with Crippen LogP contribution in [-0.4, -0.2) is 21.0 Å². The number of carboxylic acids is 1. The minimum Gasteiger partial charge on any atom is -0.477 e. The molecule has 1 aromatic heterocycles. The van der Waals surface area contributed by atoms with Gasteiger partial charge in [-0.2, -0.15) is 4.39 Å². The second-order valence-electron chi connectivity index (χ2n) is 3.98. The van der Waals surface area contributed by atoms with Crippen molar-refractivity contribution in [2.24, 2.45) is 0 Å². The molecular formula is C13H9FN2O4S. The summed E-state index contributed by atoms with van der Waals surface area (Å²) in [6.07, 6.45) is 1.34. The molecule has 21 heavy (non-hydrogen) atoms. The third-order valence-corrected chi connectivity index (χ3v) is 3.64. The first-order valence-corrected chi connectivity index (χ1v) is 6.71. The summed E-state index contributed by atoms with van der Waals surface area (Å²) in [5.74, 6) is -1.88. The van der Waals surface area contributed by atoms with E-state index in [4.69, 9.17) is 5.11 Å². The molecule has 0 radical (unpaired) electrons. The summed E-state index contributed by atoms with van der Waals surface area (Å²) in [4.78, 5) is 24.9. The summed E-state index contributed by atoms with van der Waals surface area (Å²) in [6.45, 7) is 0. The number of halogens is 1. The van der Waals surface area contributed by atoms with Gasteiger partial charge in [0.05, 0.1) is 4.92 Å². The molecule has 0 atom stereocenters. The lowest BCUT2D eigenvalue weighted by Gasteiger charge is -2.04. The number of nitro groups is 1. The van der Waals surface area contributed by atoms with Crippen molar-refractivity contribution in [3.8, 4) is 0 Å². The third kappa shape index (κ3) is 3.54. The molecule has 0 spiro atoms. The number of carbonyl (C=O) groups is 1. The van der Waals surface area contributed by atoms with E-state index in [0.29, 0.717) is 4.90 Å². The Morgan fingerprint density at radius 2 is 2.19 bits per heavy atom. The number of thioether (sulfide) groups is 1. The average Bonchev–Trinajstić information content (AvgIpc) is 2.46. The van der Waals surface area contributed by atoms with Gasteiger partial charge in [-0.1, -0.05) is 12.1 Å². The average molecular weight is 308 g/mol. The summed E-state index contributed by atoms with van der Waals surface area (Å²) < 4.78 is 13.9. The first-order chi connectivity index (χ1) is 9.99. The van der Waals surface area contributed by atoms with Crippen LogP contribution in [0, 0.1) is 15.9 Å². The standard InChI is InChI=1S/C13H9FN2O4S/c14-12-8(2-1-3-11(12)16(19)20)7-21-9-4-5-15-10(6-9)13(17)18/h1-6H,7H2,(H,17,18). The first kappa shape index (κ1) is 14.9. The van der Waals surface area contributed by atoms with E-state index in [9.17, 15) is 19.3 Å². The Labute approximate surface area is 122 Å². The smallest absolute Gasteiger partial charge is 0.354 e. The van der Waals surface area contributed by atoms with Gasteiger partial charge in [-0.15, -0.1) is 11.8 Å². The molecule has 2 aromatic rings. The van der Waals surface area contributed by atoms with Gasteiger partial charge < -0.3 is 5.11 Å². The molecule has 0 saturated carbocycles. The van der Waals surface area contributed by atoms with Crippen LogP contribution in [0.15, 0.2) is 41.4 Å². The maximum atomic E-state index is 13.9. The summed E-state index contributed by atoms with van der Waals surface area (Å²) in [6, 6.07) is 6.91. The number of aromatic carboxylic acids is 1. The molecule has 0 aliphatic carbocycles. The first-order valence-electron chi connectivity index (χ1n) is 5.73. The molecule has 0 amide bonds. The predicted octanol–water partition coefficient (Wildman–Crippen LogP) is 3.12. The highest BCUT2D eigenvalue weighted by molar-refractivity contribution is 7.98. The lowest BCUT2D eigenvalue weighted by molar-refractivity contribution is -0.387. The molecule has 0 fully saturated rings. The fourth-order valence-electron chi connectivity index (χ4n) is 1.60. The number of nitro benzene ring substituents is 1. The van der Waals surface area contributed by atoms with E-state index in [1.807, 2.05) is 0 Å². The van der Waals surface area contributed by atoms with Crippen molar-refractivity contribution in [3.63, 3.8) is 0 Å². The van der Waals surface area contributed by atoms with Crippen LogP contribution in [-0.2, 0) is 5.75 Å². The Bertz CT molecular complexity index is 708. The Morgan fingerprint density at radius 3 is 2.86 bits per heavy atom. The van der Waals surface area contributed by atoms with Crippen LogP contribution >= 0.6 is 11.8 Å². The van der Waals surface area contributed by atoms with Crippen molar-refractivity contribution in [2.75, 3.05) is 0 Å². The van der Waals surface area contributed by atoms with Gasteiger partial charge in [-0.25, -0.2) is 9.78 Å². The predicted molar refractivity (Wildman–Crippen MR) is 73.8 cm³/mol. The molecule has 0 saturated heterocycles. The Morgan fingerprint density at radius 1 is 1.43 bits per heavy atom. The highest BCUT2D eigenvalue weighted by Gasteiger charge is 2.17. The minimum atomic E-state index is -1.15. The van der Waals surface area contributed by atoms with Gasteiger partial charge in [0.1, 0.15) is 5.69 Å². The van der Waals surface area contributed by atoms with Gasteiger partial charge in [0.25, 0.3) is 0 Å². The van der Waals surface area contributed by atoms with Gasteiger partial charge >= 0.3 is 11.7 Å². The van der Waals surface area contributed by atoms with E-state index in [-0.39, 0.29) is 17.0 Å². The zero-order valence-corrected chi connectivity index (χ0v) is 11.3. The summed E-state index contributed by atoms with van der Waals surface area (Å²) in [7, 11) is 0. The molecule has 8 heteroatoms. The minimum absolute atomic E-state index is 0.112. The number of pyridine rings is 1. The fraction of sp³-hybridized carbons (Fsp3) is 0.0769. The highest BCUT2D eigenvalue weighted by Crippen LogP contribution is 2.27. The third-order valence-electron chi connectivity index (χ3n) is 2.60. The van der Waals surface area contributed by atoms with E-state index < -0.39 is 22.4 Å². The quantitative estimate of drug-likeness (QED) is 0.518. The van der Waals surface area contributed by atoms with Crippen molar-refractivity contribution in [2.45, 2.75) is 10.6 Å².